The maximum absolute atomic E-state index is 7.95. The van der Waals surface area contributed by atoms with Crippen LogP contribution in [-0.2, 0) is 20.1 Å². The number of aryl methyl sites for hydroxylation is 4. The summed E-state index contributed by atoms with van der Waals surface area (Å²) in [6.45, 7) is -9.59. The van der Waals surface area contributed by atoms with Crippen molar-refractivity contribution in [3.05, 3.63) is 156 Å². The van der Waals surface area contributed by atoms with Crippen LogP contribution in [0.3, 0.4) is 0 Å². The average molecular weight is 825 g/mol. The van der Waals surface area contributed by atoms with Crippen molar-refractivity contribution in [3.63, 3.8) is 0 Å². The minimum Gasteiger partial charge on any atom is -0.500 e. The van der Waals surface area contributed by atoms with Gasteiger partial charge >= 0.3 is 0 Å². The number of nitrogens with zero attached hydrogens (tertiary/aromatic N) is 2. The molecule has 0 unspecified atom stereocenters. The Morgan fingerprint density at radius 1 is 0.571 bits per heavy atom. The van der Waals surface area contributed by atoms with E-state index in [4.69, 9.17) is 25.3 Å². The average Bonchev–Trinajstić information content (AvgIpc) is 3.79. The first kappa shape index (κ1) is 20.9. The molecule has 0 saturated heterocycles. The Hall–Kier alpha value is -5.35. The topological polar surface area (TPSA) is 52.1 Å². The van der Waals surface area contributed by atoms with Crippen molar-refractivity contribution in [1.82, 2.24) is 9.97 Å². The molecule has 49 heavy (non-hydrogen) atoms. The molecule has 4 heterocycles. The summed E-state index contributed by atoms with van der Waals surface area (Å²) in [5, 5.41) is 3.71. The molecule has 1 radical (unpaired) electrons. The van der Waals surface area contributed by atoms with Gasteiger partial charge in [-0.3, -0.25) is 0 Å². The van der Waals surface area contributed by atoms with Crippen molar-refractivity contribution in [3.8, 4) is 33.6 Å². The maximum Gasteiger partial charge on any atom is 0.143 e. The predicted octanol–water partition coefficient (Wildman–Crippen LogP) is 11.8. The van der Waals surface area contributed by atoms with Gasteiger partial charge in [-0.25, -0.2) is 0 Å². The molecular weight excluding hydrogens is 781 g/mol. The van der Waals surface area contributed by atoms with Crippen LogP contribution in [0.1, 0.15) is 38.7 Å². The third-order valence-corrected chi connectivity index (χ3v) is 8.17. The van der Waals surface area contributed by atoms with Gasteiger partial charge in [0, 0.05) is 76.2 Å². The first-order valence-electron chi connectivity index (χ1n) is 21.1. The standard InChI is InChI=1S/C31H20NO2.C13H12N.Ir/c1-18-16-27(32-17-19(18)2)26-14-7-13-25-24-12-6-11-23(30(24)34-31(25)26)22-10-5-9-21-20-8-3-4-15-28(20)33-29(21)22;1-10-3-6-12(7-4-10)13-8-5-11(2)9-14-13;/h3-13,15-17H,1-2H3;3-6,8-9H,1-2H3;/q2*-1;/i2*1D3,2D3;. The zero-order valence-corrected chi connectivity index (χ0v) is 28.0. The van der Waals surface area contributed by atoms with E-state index < -0.39 is 27.4 Å². The molecule has 9 rings (SSSR count). The van der Waals surface area contributed by atoms with E-state index >= 15 is 0 Å². The SMILES string of the molecule is [2H]C([2H])([2H])c1c[c-]c(-c2ccc(C([2H])([2H])[2H])cn2)cc1.[2H]C([2H])([2H])c1cnc(-c2[c-]ccc3c2oc2c(-c4cccc5c4oc4ccccc45)cccc23)cc1C([2H])([2H])[2H].[Ir]. The molecule has 0 N–H and O–H groups in total. The van der Waals surface area contributed by atoms with Gasteiger partial charge in [0.05, 0.1) is 5.58 Å². The number of fused-ring (bicyclic) bond motifs is 6. The Bertz CT molecular complexity index is 2980. The van der Waals surface area contributed by atoms with Crippen LogP contribution in [-0.4, -0.2) is 9.97 Å². The largest absolute Gasteiger partial charge is 0.500 e. The van der Waals surface area contributed by atoms with Crippen molar-refractivity contribution >= 4 is 43.9 Å². The molecule has 0 aliphatic carbocycles. The molecule has 0 saturated carbocycles. The number of hydrogen-bond acceptors (Lipinski definition) is 4. The molecule has 5 aromatic carbocycles. The summed E-state index contributed by atoms with van der Waals surface area (Å²) in [6.07, 6.45) is 2.42. The predicted molar refractivity (Wildman–Crippen MR) is 196 cm³/mol. The molecular formula is C44H32IrN2O2-2. The van der Waals surface area contributed by atoms with Gasteiger partial charge in [0.2, 0.25) is 0 Å². The molecule has 0 aliphatic heterocycles. The van der Waals surface area contributed by atoms with Gasteiger partial charge in [-0.05, 0) is 49.1 Å². The van der Waals surface area contributed by atoms with E-state index in [1.807, 2.05) is 66.7 Å². The summed E-state index contributed by atoms with van der Waals surface area (Å²) in [7, 11) is 0. The van der Waals surface area contributed by atoms with E-state index in [-0.39, 0.29) is 48.1 Å². The van der Waals surface area contributed by atoms with Gasteiger partial charge < -0.3 is 18.8 Å². The molecule has 0 bridgehead atoms. The summed E-state index contributed by atoms with van der Waals surface area (Å²) in [6, 6.07) is 38.3. The Labute approximate surface area is 315 Å². The quantitative estimate of drug-likeness (QED) is 0.167. The number of hydrogen-bond donors (Lipinski definition) is 0. The molecule has 9 aromatic rings. The van der Waals surface area contributed by atoms with Crippen LogP contribution < -0.4 is 0 Å². The van der Waals surface area contributed by atoms with E-state index in [1.54, 1.807) is 18.2 Å². The van der Waals surface area contributed by atoms with Crippen molar-refractivity contribution in [2.75, 3.05) is 0 Å². The molecule has 241 valence electrons. The number of rotatable bonds is 3. The zero-order chi connectivity index (χ0) is 42.8. The Kier molecular flexibility index (Phi) is 5.66. The fraction of sp³-hybridized carbons (Fsp3) is 0.0909. The Morgan fingerprint density at radius 3 is 2.02 bits per heavy atom. The van der Waals surface area contributed by atoms with Crippen molar-refractivity contribution in [2.24, 2.45) is 0 Å². The van der Waals surface area contributed by atoms with Gasteiger partial charge in [0.25, 0.3) is 0 Å². The molecule has 0 atom stereocenters. The van der Waals surface area contributed by atoms with Crippen LogP contribution in [0.2, 0.25) is 0 Å². The first-order chi connectivity index (χ1) is 28.3. The molecule has 4 aromatic heterocycles. The number of para-hydroxylation sites is 3. The Balaban J connectivity index is 0.000000226. The summed E-state index contributed by atoms with van der Waals surface area (Å²) >= 11 is 0. The van der Waals surface area contributed by atoms with Gasteiger partial charge in [-0.2, -0.15) is 0 Å². The van der Waals surface area contributed by atoms with Crippen molar-refractivity contribution in [1.29, 1.82) is 0 Å². The van der Waals surface area contributed by atoms with Crippen LogP contribution in [0.15, 0.2) is 130 Å². The molecule has 0 spiro atoms. The van der Waals surface area contributed by atoms with E-state index in [1.165, 1.54) is 30.5 Å². The first-order valence-corrected chi connectivity index (χ1v) is 15.1. The molecule has 5 heteroatoms. The zero-order valence-electron chi connectivity index (χ0n) is 37.6. The Morgan fingerprint density at radius 2 is 1.29 bits per heavy atom. The molecule has 4 nitrogen and oxygen atoms in total. The van der Waals surface area contributed by atoms with Crippen LogP contribution in [0.4, 0.5) is 0 Å². The summed E-state index contributed by atoms with van der Waals surface area (Å²) < 4.78 is 104. The van der Waals surface area contributed by atoms with E-state index in [0.29, 0.717) is 28.0 Å². The third kappa shape index (κ3) is 5.97. The fourth-order valence-electron chi connectivity index (χ4n) is 5.85. The fourth-order valence-corrected chi connectivity index (χ4v) is 5.85. The van der Waals surface area contributed by atoms with E-state index in [2.05, 4.69) is 22.1 Å². The van der Waals surface area contributed by atoms with Crippen LogP contribution in [0.25, 0.3) is 77.5 Å². The second-order valence-electron chi connectivity index (χ2n) is 11.2. The van der Waals surface area contributed by atoms with E-state index in [9.17, 15) is 0 Å². The number of aromatic nitrogens is 2. The van der Waals surface area contributed by atoms with Gasteiger partial charge in [-0.1, -0.05) is 96.2 Å². The summed E-state index contributed by atoms with van der Waals surface area (Å²) in [5.41, 5.74) is 6.11. The minimum atomic E-state index is -2.64. The maximum atomic E-state index is 7.95. The monoisotopic (exact) mass is 825 g/mol. The smallest absolute Gasteiger partial charge is 0.143 e. The van der Waals surface area contributed by atoms with E-state index in [0.717, 1.165) is 50.0 Å². The van der Waals surface area contributed by atoms with Crippen molar-refractivity contribution < 1.29 is 45.4 Å². The molecule has 0 aliphatic rings. The summed E-state index contributed by atoms with van der Waals surface area (Å²) in [5.74, 6) is 0. The van der Waals surface area contributed by atoms with Crippen LogP contribution in [0.5, 0.6) is 0 Å². The number of benzene rings is 5. The van der Waals surface area contributed by atoms with Gasteiger partial charge in [-0.15, -0.1) is 53.6 Å². The van der Waals surface area contributed by atoms with Crippen LogP contribution in [0, 0.1) is 39.5 Å². The van der Waals surface area contributed by atoms with Gasteiger partial charge in [0.15, 0.2) is 0 Å². The summed E-state index contributed by atoms with van der Waals surface area (Å²) in [4.78, 5) is 8.41. The van der Waals surface area contributed by atoms with Crippen molar-refractivity contribution in [2.45, 2.75) is 27.4 Å². The molecule has 0 fully saturated rings. The second-order valence-corrected chi connectivity index (χ2v) is 11.2. The second kappa shape index (κ2) is 13.3. The number of furan rings is 2. The normalized spacial score (nSPS) is 15.8. The minimum absolute atomic E-state index is 0. The number of pyridine rings is 2. The molecule has 0 amide bonds. The van der Waals surface area contributed by atoms with Gasteiger partial charge in [0.1, 0.15) is 16.7 Å². The van der Waals surface area contributed by atoms with Crippen LogP contribution >= 0.6 is 0 Å². The third-order valence-electron chi connectivity index (χ3n) is 8.17.